The molecule has 0 fully saturated rings. The van der Waals surface area contributed by atoms with Crippen LogP contribution in [0, 0.1) is 19.7 Å². The number of pyridine rings is 1. The number of carboxylic acids is 1. The van der Waals surface area contributed by atoms with Crippen LogP contribution in [0.4, 0.5) is 4.39 Å². The van der Waals surface area contributed by atoms with Crippen molar-refractivity contribution in [3.63, 3.8) is 0 Å². The molecule has 0 radical (unpaired) electrons. The number of aliphatic carboxylic acids is 1. The number of fused-ring (bicyclic) bond motifs is 3. The molecule has 13 heteroatoms. The van der Waals surface area contributed by atoms with E-state index in [-0.39, 0.29) is 34.7 Å². The molecule has 0 unspecified atom stereocenters. The minimum atomic E-state index is -3.74. The number of aryl methyl sites for hydroxylation is 2. The molecule has 0 saturated heterocycles. The lowest BCUT2D eigenvalue weighted by Gasteiger charge is -2.29. The van der Waals surface area contributed by atoms with Crippen LogP contribution in [0.25, 0.3) is 22.2 Å². The van der Waals surface area contributed by atoms with Crippen molar-refractivity contribution in [3.05, 3.63) is 75.4 Å². The van der Waals surface area contributed by atoms with Crippen molar-refractivity contribution in [1.29, 1.82) is 0 Å². The third-order valence-electron chi connectivity index (χ3n) is 9.46. The topological polar surface area (TPSA) is 140 Å². The van der Waals surface area contributed by atoms with Gasteiger partial charge in [0.05, 0.1) is 17.1 Å². The number of rotatable bonds is 8. The number of carbonyl (C=O) groups excluding carboxylic acids is 1. The first-order valence-electron chi connectivity index (χ1n) is 17.2. The number of nitrogens with zero attached hydrogens (tertiary/aromatic N) is 3. The van der Waals surface area contributed by atoms with Crippen molar-refractivity contribution in [3.8, 4) is 16.9 Å². The summed E-state index contributed by atoms with van der Waals surface area (Å²) in [6, 6.07) is 7.79. The number of sulfonamides is 1. The summed E-state index contributed by atoms with van der Waals surface area (Å²) >= 11 is 0. The zero-order valence-electron chi connectivity index (χ0n) is 30.3. The highest BCUT2D eigenvalue weighted by molar-refractivity contribution is 7.89. The number of aromatic nitrogens is 2. The lowest BCUT2D eigenvalue weighted by molar-refractivity contribution is -0.160. The largest absolute Gasteiger partial charge is 0.490 e. The number of carboxylic acid groups (broad SMARTS) is 1. The fourth-order valence-corrected chi connectivity index (χ4v) is 8.49. The van der Waals surface area contributed by atoms with E-state index in [9.17, 15) is 23.1 Å². The van der Waals surface area contributed by atoms with Crippen LogP contribution in [-0.4, -0.2) is 64.6 Å². The van der Waals surface area contributed by atoms with Gasteiger partial charge in [-0.1, -0.05) is 6.07 Å². The summed E-state index contributed by atoms with van der Waals surface area (Å²) < 4.78 is 57.8. The quantitative estimate of drug-likeness (QED) is 0.221. The monoisotopic (exact) mass is 720 g/mol. The van der Waals surface area contributed by atoms with Crippen LogP contribution < -0.4 is 9.46 Å². The Labute approximate surface area is 297 Å². The van der Waals surface area contributed by atoms with Gasteiger partial charge in [0, 0.05) is 53.9 Å². The summed E-state index contributed by atoms with van der Waals surface area (Å²) in [5, 5.41) is 11.0. The van der Waals surface area contributed by atoms with Gasteiger partial charge >= 0.3 is 5.97 Å². The Morgan fingerprint density at radius 1 is 1.10 bits per heavy atom. The van der Waals surface area contributed by atoms with Crippen LogP contribution in [0.3, 0.4) is 0 Å². The van der Waals surface area contributed by atoms with Crippen molar-refractivity contribution in [2.45, 2.75) is 96.9 Å². The second kappa shape index (κ2) is 13.3. The molecule has 2 aromatic carbocycles. The first kappa shape index (κ1) is 36.5. The van der Waals surface area contributed by atoms with Crippen LogP contribution in [0.2, 0.25) is 0 Å². The molecule has 0 saturated carbocycles. The number of hydrogen-bond donors (Lipinski definition) is 2. The number of benzene rings is 2. The predicted molar refractivity (Wildman–Crippen MR) is 191 cm³/mol. The van der Waals surface area contributed by atoms with Gasteiger partial charge in [0.2, 0.25) is 10.0 Å². The Morgan fingerprint density at radius 2 is 1.82 bits per heavy atom. The summed E-state index contributed by atoms with van der Waals surface area (Å²) in [5.41, 5.74) is 4.62. The molecule has 0 spiro atoms. The van der Waals surface area contributed by atoms with Gasteiger partial charge < -0.3 is 24.0 Å². The van der Waals surface area contributed by atoms with Crippen molar-refractivity contribution < 1.29 is 37.0 Å². The number of ether oxygens (including phenoxy) is 2. The normalized spacial score (nSPS) is 15.5. The summed E-state index contributed by atoms with van der Waals surface area (Å²) in [7, 11) is -2.01. The Morgan fingerprint density at radius 3 is 2.49 bits per heavy atom. The van der Waals surface area contributed by atoms with Crippen LogP contribution in [-0.2, 0) is 46.0 Å². The van der Waals surface area contributed by atoms with Gasteiger partial charge in [0.15, 0.2) is 17.7 Å². The third-order valence-corrected chi connectivity index (χ3v) is 11.1. The van der Waals surface area contributed by atoms with Gasteiger partial charge in [-0.2, -0.15) is 0 Å². The first-order valence-corrected chi connectivity index (χ1v) is 18.7. The number of amides is 1. The Balaban J connectivity index is 1.51. The maximum atomic E-state index is 15.8. The Bertz CT molecular complexity index is 2190. The number of halogens is 1. The van der Waals surface area contributed by atoms with E-state index in [1.54, 1.807) is 82.3 Å². The highest BCUT2D eigenvalue weighted by Crippen LogP contribution is 2.45. The summed E-state index contributed by atoms with van der Waals surface area (Å²) in [5.74, 6) is -1.87. The summed E-state index contributed by atoms with van der Waals surface area (Å²) in [6.07, 6.45) is 0.404. The molecule has 272 valence electrons. The first-order chi connectivity index (χ1) is 23.9. The minimum Gasteiger partial charge on any atom is -0.490 e. The molecule has 1 amide bonds. The fraction of sp³-hybridized carbons (Fsp3) is 0.447. The van der Waals surface area contributed by atoms with Gasteiger partial charge in [0.25, 0.3) is 5.91 Å². The predicted octanol–water partition coefficient (Wildman–Crippen LogP) is 6.15. The van der Waals surface area contributed by atoms with Crippen LogP contribution in [0.15, 0.2) is 35.2 Å². The van der Waals surface area contributed by atoms with Gasteiger partial charge in [0.1, 0.15) is 11.3 Å². The lowest BCUT2D eigenvalue weighted by Crippen LogP contribution is -2.37. The zero-order chi connectivity index (χ0) is 37.2. The molecular weight excluding hydrogens is 676 g/mol. The Hall–Kier alpha value is -4.33. The van der Waals surface area contributed by atoms with Crippen molar-refractivity contribution in [2.75, 3.05) is 13.2 Å². The van der Waals surface area contributed by atoms with Crippen molar-refractivity contribution >= 4 is 32.9 Å². The van der Waals surface area contributed by atoms with Crippen molar-refractivity contribution in [2.24, 2.45) is 7.05 Å². The molecule has 11 nitrogen and oxygen atoms in total. The average molecular weight is 721 g/mol. The van der Waals surface area contributed by atoms with Crippen molar-refractivity contribution in [1.82, 2.24) is 19.2 Å². The Kier molecular flexibility index (Phi) is 9.53. The highest BCUT2D eigenvalue weighted by atomic mass is 32.2. The second-order valence-electron chi connectivity index (χ2n) is 14.7. The fourth-order valence-electron chi connectivity index (χ4n) is 7.19. The minimum absolute atomic E-state index is 0.134. The maximum absolute atomic E-state index is 15.8. The average Bonchev–Trinajstić information content (AvgIpc) is 3.38. The standard InChI is InChI=1S/C38H45FN4O7S/c1-20(2)41-51(47,48)25-12-11-23-13-14-43(19-24(23)16-25)36(44)30-18-28-32(27-17-29(39)33-26(21(27)3)10-9-15-49-33)31(22(4)40-35(28)42(30)8)34(37(45)46)50-38(5,6)7/h11-12,16-18,20,34,41H,9-10,13-15,19H2,1-8H3,(H,45,46)/t34-/m0/s1. The van der Waals surface area contributed by atoms with Gasteiger partial charge in [-0.15, -0.1) is 0 Å². The molecule has 1 atom stereocenters. The molecule has 0 aliphatic carbocycles. The third kappa shape index (κ3) is 6.86. The van der Waals surface area contributed by atoms with E-state index in [0.29, 0.717) is 66.0 Å². The smallest absolute Gasteiger partial charge is 0.337 e. The molecule has 51 heavy (non-hydrogen) atoms. The molecule has 4 heterocycles. The summed E-state index contributed by atoms with van der Waals surface area (Å²) in [4.78, 5) is 33.9. The summed E-state index contributed by atoms with van der Waals surface area (Å²) in [6.45, 7) is 13.4. The van der Waals surface area contributed by atoms with E-state index in [4.69, 9.17) is 14.5 Å². The number of nitrogens with one attached hydrogen (secondary N) is 1. The molecule has 2 aliphatic rings. The molecule has 2 N–H and O–H groups in total. The van der Waals surface area contributed by atoms with E-state index >= 15 is 4.39 Å². The van der Waals surface area contributed by atoms with E-state index in [0.717, 1.165) is 22.3 Å². The molecule has 4 aromatic rings. The molecule has 2 aromatic heterocycles. The van der Waals surface area contributed by atoms with E-state index in [1.807, 2.05) is 6.92 Å². The number of hydrogen-bond acceptors (Lipinski definition) is 7. The van der Waals surface area contributed by atoms with Crippen LogP contribution >= 0.6 is 0 Å². The number of carbonyl (C=O) groups is 2. The molecule has 6 rings (SSSR count). The second-order valence-corrected chi connectivity index (χ2v) is 16.4. The lowest BCUT2D eigenvalue weighted by atomic mass is 9.86. The molecular formula is C38H45FN4O7S. The van der Waals surface area contributed by atoms with E-state index < -0.39 is 33.5 Å². The van der Waals surface area contributed by atoms with Gasteiger partial charge in [-0.25, -0.2) is 27.3 Å². The van der Waals surface area contributed by atoms with E-state index in [1.165, 1.54) is 6.07 Å². The van der Waals surface area contributed by atoms with Crippen LogP contribution in [0.5, 0.6) is 5.75 Å². The van der Waals surface area contributed by atoms with E-state index in [2.05, 4.69) is 4.72 Å². The van der Waals surface area contributed by atoms with Gasteiger partial charge in [-0.3, -0.25) is 4.79 Å². The van der Waals surface area contributed by atoms with Gasteiger partial charge in [-0.05, 0) is 114 Å². The highest BCUT2D eigenvalue weighted by Gasteiger charge is 2.35. The van der Waals surface area contributed by atoms with Crippen LogP contribution in [0.1, 0.15) is 91.1 Å². The molecule has 2 aliphatic heterocycles. The maximum Gasteiger partial charge on any atom is 0.337 e. The zero-order valence-corrected chi connectivity index (χ0v) is 31.1. The SMILES string of the molecule is Cc1nc2c(cc(C(=O)N3CCc4ccc(S(=O)(=O)NC(C)C)cc4C3)n2C)c(-c2cc(F)c3c(c2C)CCCO3)c1[C@H](OC(C)(C)C)C(=O)O. The molecule has 0 bridgehead atoms.